The summed E-state index contributed by atoms with van der Waals surface area (Å²) >= 11 is 0. The number of ether oxygens (including phenoxy) is 3. The van der Waals surface area contributed by atoms with E-state index in [1.54, 1.807) is 69.6 Å². The van der Waals surface area contributed by atoms with E-state index in [4.69, 9.17) is 27.5 Å². The molecule has 0 saturated heterocycles. The second-order valence-corrected chi connectivity index (χ2v) is 42.6. The minimum atomic E-state index is -4.89. The molecule has 0 radical (unpaired) electrons. The second kappa shape index (κ2) is 27.2. The third-order valence-electron chi connectivity index (χ3n) is 17.4. The molecule has 0 spiro atoms. The van der Waals surface area contributed by atoms with E-state index in [2.05, 4.69) is 136 Å². The molecule has 0 bridgehead atoms. The lowest BCUT2D eigenvalue weighted by Gasteiger charge is -2.40. The first kappa shape index (κ1) is 68.9. The normalized spacial score (nSPS) is 18.5. The lowest BCUT2D eigenvalue weighted by Crippen LogP contribution is -2.45. The van der Waals surface area contributed by atoms with E-state index in [-0.39, 0.29) is 81.9 Å². The number of alkyl carbamates (subject to hydrolysis) is 1. The lowest BCUT2D eigenvalue weighted by molar-refractivity contribution is -0.145. The van der Waals surface area contributed by atoms with Crippen molar-refractivity contribution in [2.24, 2.45) is 11.8 Å². The van der Waals surface area contributed by atoms with Gasteiger partial charge < -0.3 is 38.1 Å². The summed E-state index contributed by atoms with van der Waals surface area (Å²) in [6.07, 6.45) is 4.74. The van der Waals surface area contributed by atoms with E-state index in [1.165, 1.54) is 18.2 Å². The van der Waals surface area contributed by atoms with Crippen molar-refractivity contribution in [3.05, 3.63) is 102 Å². The molecule has 0 aliphatic heterocycles. The molecular weight excluding hydrogens is 1110 g/mol. The number of anilines is 1. The Kier molecular flexibility index (Phi) is 22.6. The van der Waals surface area contributed by atoms with Crippen LogP contribution in [-0.2, 0) is 45.1 Å². The van der Waals surface area contributed by atoms with Crippen LogP contribution < -0.4 is 15.4 Å². The van der Waals surface area contributed by atoms with Crippen molar-refractivity contribution in [2.75, 3.05) is 18.5 Å². The molecule has 1 aliphatic carbocycles. The van der Waals surface area contributed by atoms with Crippen LogP contribution in [0, 0.1) is 11.8 Å². The van der Waals surface area contributed by atoms with Crippen LogP contribution in [0.25, 0.3) is 21.9 Å². The van der Waals surface area contributed by atoms with E-state index in [1.807, 2.05) is 6.92 Å². The number of fused-ring (bicyclic) bond motifs is 1. The van der Waals surface area contributed by atoms with Gasteiger partial charge in [0.25, 0.3) is 0 Å². The maximum absolute atomic E-state index is 15.5. The number of benzene rings is 3. The molecule has 18 heteroatoms. The highest BCUT2D eigenvalue weighted by Crippen LogP contribution is 2.48. The number of hydrogen-bond donors (Lipinski definition) is 2. The van der Waals surface area contributed by atoms with E-state index >= 15 is 13.2 Å². The topological polar surface area (TPSA) is 144 Å². The molecule has 1 heterocycles. The number of aromatic nitrogens is 1. The minimum absolute atomic E-state index is 0.0106. The number of nitrogens with one attached hydrogen (secondary N) is 2. The van der Waals surface area contributed by atoms with Crippen LogP contribution >= 0.6 is 0 Å². The molecule has 12 nitrogen and oxygen atoms in total. The van der Waals surface area contributed by atoms with Crippen molar-refractivity contribution in [3.8, 4) is 16.9 Å². The molecule has 1 aliphatic rings. The maximum Gasteiger partial charge on any atom is 0.417 e. The van der Waals surface area contributed by atoms with Gasteiger partial charge in [-0.3, -0.25) is 14.6 Å². The number of unbranched alkanes of at least 4 members (excludes halogenated alkanes) is 1. The highest BCUT2D eigenvalue weighted by Gasteiger charge is 2.50. The lowest BCUT2D eigenvalue weighted by atomic mass is 9.86. The fraction of sp³-hybridized carbons (Fsp3) is 0.600. The van der Waals surface area contributed by atoms with Gasteiger partial charge in [-0.05, 0) is 184 Å². The first-order valence-corrected chi connectivity index (χ1v) is 38.2. The number of carbonyl (C=O) groups excluding carboxylic acids is 3. The summed E-state index contributed by atoms with van der Waals surface area (Å²) in [5.74, 6) is -1.76. The average Bonchev–Trinajstić information content (AvgIpc) is 3.75. The highest BCUT2D eigenvalue weighted by atomic mass is 28.4. The first-order valence-electron chi connectivity index (χ1n) is 29.5. The number of carbonyl (C=O) groups is 3. The van der Waals surface area contributed by atoms with Crippen LogP contribution in [0.3, 0.4) is 0 Å². The van der Waals surface area contributed by atoms with Crippen molar-refractivity contribution >= 4 is 59.4 Å². The number of amides is 2. The smallest absolute Gasteiger partial charge is 0.417 e. The standard InChI is InChI=1S/C65H98F3N3O9Si3/c1-43(78-81(15,16)62(6,7)8)41-75-49-30-32-52(55(37-49)65(66,67)68)53-35-45(27-31-51(53)54(40-70-60(74)77-61(3,4)5)59(73)71-48-29-28-47-39-69-34-33-46(47)36-48)42-76-58(72)26-24-22-21-23-25-50-44(2)56(79-82(17,18)63(9,10)11)38-57(50)80-83(19,20)64(12,13)14/h21,23,27-37,39,43-44,50,54,56-57H,22,24-26,38,40-42H2,1-20H3,(H,70,74)(H,71,73)/b23-21-/t43-,44-,50?,54?,56?,57?/m1/s1. The summed E-state index contributed by atoms with van der Waals surface area (Å²) < 4.78 is 84.5. The number of nitrogens with zero attached hydrogens (tertiary/aromatic N) is 1. The SMILES string of the molecule is C[C@H]1C(O[Si](C)(C)C(C)(C)C)CC(O[Si](C)(C)C(C)(C)C)C1C/C=C\CCCC(=O)OCc1ccc(C(CNC(=O)OC(C)(C)C)C(=O)Nc2ccc3cnccc3c2)c(-c2ccc(OC[C@@H](C)O[Si](C)(C)C(C)(C)C)cc2C(F)(F)F)c1. The van der Waals surface area contributed by atoms with E-state index in [0.29, 0.717) is 30.0 Å². The number of rotatable bonds is 23. The van der Waals surface area contributed by atoms with Crippen molar-refractivity contribution < 1.29 is 55.0 Å². The van der Waals surface area contributed by atoms with Crippen molar-refractivity contribution in [3.63, 3.8) is 0 Å². The Hall–Kier alpha value is -4.86. The molecule has 460 valence electrons. The highest BCUT2D eigenvalue weighted by molar-refractivity contribution is 6.75. The third-order valence-corrected chi connectivity index (χ3v) is 31.0. The zero-order chi connectivity index (χ0) is 62.3. The molecule has 5 rings (SSSR count). The van der Waals surface area contributed by atoms with Crippen molar-refractivity contribution in [1.29, 1.82) is 0 Å². The van der Waals surface area contributed by atoms with Crippen LogP contribution in [-0.4, -0.2) is 85.0 Å². The van der Waals surface area contributed by atoms with Gasteiger partial charge in [0.1, 0.15) is 24.6 Å². The summed E-state index contributed by atoms with van der Waals surface area (Å²) in [7, 11) is -6.32. The zero-order valence-electron chi connectivity index (χ0n) is 53.5. The van der Waals surface area contributed by atoms with Gasteiger partial charge >= 0.3 is 18.2 Å². The Morgan fingerprint density at radius 3 is 2.00 bits per heavy atom. The average molecular weight is 1210 g/mol. The number of alkyl halides is 3. The molecule has 4 unspecified atom stereocenters. The van der Waals surface area contributed by atoms with Crippen molar-refractivity contribution in [2.45, 2.75) is 226 Å². The number of pyridine rings is 1. The monoisotopic (exact) mass is 1210 g/mol. The Labute approximate surface area is 497 Å². The quantitative estimate of drug-likeness (QED) is 0.0319. The first-order chi connectivity index (χ1) is 38.1. The third kappa shape index (κ3) is 19.3. The molecule has 1 fully saturated rings. The van der Waals surface area contributed by atoms with Gasteiger partial charge in [-0.1, -0.05) is 106 Å². The molecule has 3 aromatic carbocycles. The van der Waals surface area contributed by atoms with Gasteiger partial charge in [-0.25, -0.2) is 4.79 Å². The zero-order valence-corrected chi connectivity index (χ0v) is 56.5. The van der Waals surface area contributed by atoms with Crippen molar-refractivity contribution in [1.82, 2.24) is 10.3 Å². The fourth-order valence-corrected chi connectivity index (χ4v) is 13.7. The van der Waals surface area contributed by atoms with Crippen LogP contribution in [0.15, 0.2) is 85.2 Å². The number of allylic oxidation sites excluding steroid dienone is 2. The summed E-state index contributed by atoms with van der Waals surface area (Å²) in [4.78, 5) is 45.4. The Morgan fingerprint density at radius 1 is 0.747 bits per heavy atom. The Morgan fingerprint density at radius 2 is 1.39 bits per heavy atom. The summed E-state index contributed by atoms with van der Waals surface area (Å²) in [6, 6.07) is 15.5. The molecule has 2 N–H and O–H groups in total. The predicted octanol–water partition coefficient (Wildman–Crippen LogP) is 17.6. The molecule has 4 aromatic rings. The fourth-order valence-electron chi connectivity index (χ4n) is 9.45. The largest absolute Gasteiger partial charge is 0.491 e. The van der Waals surface area contributed by atoms with Gasteiger partial charge in [-0.15, -0.1) is 0 Å². The minimum Gasteiger partial charge on any atom is -0.491 e. The second-order valence-electron chi connectivity index (χ2n) is 28.3. The van der Waals surface area contributed by atoms with Crippen LogP contribution in [0.4, 0.5) is 23.7 Å². The van der Waals surface area contributed by atoms with Crippen LogP contribution in [0.1, 0.15) is 152 Å². The molecule has 2 amide bonds. The van der Waals surface area contributed by atoms with E-state index < -0.39 is 72.3 Å². The summed E-state index contributed by atoms with van der Waals surface area (Å²) in [5, 5.41) is 7.32. The van der Waals surface area contributed by atoms with Gasteiger partial charge in [0, 0.05) is 36.4 Å². The van der Waals surface area contributed by atoms with E-state index in [0.717, 1.165) is 29.7 Å². The molecule has 1 saturated carbocycles. The van der Waals surface area contributed by atoms with Crippen LogP contribution in [0.5, 0.6) is 5.75 Å². The number of hydrogen-bond acceptors (Lipinski definition) is 10. The molecule has 1 aromatic heterocycles. The van der Waals surface area contributed by atoms with Gasteiger partial charge in [0.2, 0.25) is 5.91 Å². The Bertz CT molecular complexity index is 2880. The van der Waals surface area contributed by atoms with E-state index in [9.17, 15) is 14.4 Å². The summed E-state index contributed by atoms with van der Waals surface area (Å²) in [5.41, 5.74) is -1.12. The maximum atomic E-state index is 15.5. The number of halogens is 3. The molecule has 83 heavy (non-hydrogen) atoms. The van der Waals surface area contributed by atoms with Gasteiger partial charge in [0.05, 0.1) is 29.8 Å². The van der Waals surface area contributed by atoms with Gasteiger partial charge in [-0.2, -0.15) is 13.2 Å². The molecular formula is C65H98F3N3O9Si3. The summed E-state index contributed by atoms with van der Waals surface area (Å²) in [6.45, 7) is 42.1. The van der Waals surface area contributed by atoms with Crippen LogP contribution in [0.2, 0.25) is 54.4 Å². The molecule has 6 atom stereocenters. The van der Waals surface area contributed by atoms with Gasteiger partial charge in [0.15, 0.2) is 25.0 Å². The number of esters is 1. The predicted molar refractivity (Wildman–Crippen MR) is 336 cm³/mol. The Balaban J connectivity index is 1.41.